The van der Waals surface area contributed by atoms with Crippen molar-refractivity contribution in [3.05, 3.63) is 320 Å². The third-order valence-electron chi connectivity index (χ3n) is 17.8. The molecule has 6 heteroatoms. The van der Waals surface area contributed by atoms with Crippen molar-refractivity contribution >= 4 is 0 Å². The molecule has 0 aliphatic carbocycles. The number of aryl methyl sites for hydroxylation is 21. The van der Waals surface area contributed by atoms with Crippen LogP contribution in [-0.2, 0) is 42.3 Å². The van der Waals surface area contributed by atoms with Crippen molar-refractivity contribution in [2.75, 3.05) is 0 Å². The molecule has 6 aromatic heterocycles. The molecule has 0 amide bonds. The maximum atomic E-state index is 7.45. The first-order valence-electron chi connectivity index (χ1n) is 34.5. The fourth-order valence-corrected chi connectivity index (χ4v) is 11.7. The van der Waals surface area contributed by atoms with Crippen molar-refractivity contribution in [3.8, 4) is 67.5 Å². The summed E-state index contributed by atoms with van der Waals surface area (Å²) in [4.78, 5) is 0. The zero-order valence-electron chi connectivity index (χ0n) is 64.0. The highest BCUT2D eigenvalue weighted by atomic mass is 14.9. The summed E-state index contributed by atoms with van der Waals surface area (Å²) in [5.74, 6) is 0. The molecule has 0 spiro atoms. The summed E-state index contributed by atoms with van der Waals surface area (Å²) in [6, 6.07) is 66.0. The van der Waals surface area contributed by atoms with Crippen LogP contribution in [0.3, 0.4) is 0 Å². The number of benzene rings is 6. The Hall–Kier alpha value is -9.78. The Morgan fingerprint density at radius 3 is 0.853 bits per heavy atom. The van der Waals surface area contributed by atoms with Gasteiger partial charge in [0.05, 0.1) is 0 Å². The van der Waals surface area contributed by atoms with Crippen molar-refractivity contribution in [2.24, 2.45) is 42.3 Å². The Bertz CT molecular complexity index is 4330. The SMILES string of the molecule is Cc1cc[n+](C)c(-c2cccc(C)c2C)c1.Cc1cc[n+](C)c(-c2cccc(C)c2C)c1.Cc1ccc(-c2cccc[n+]2C)c(C)c1.Cc1ccc(C)c(-c2cc(C)cc[n+]2C)c1.Cc1ccc(C)c(-c2cc(C)cc[n+]2C)c1.[2H]C([2H])([2H])c1ccc(-c2cc(C)cc[n+]2C)c(C)c1. The molecule has 6 nitrogen and oxygen atoms in total. The van der Waals surface area contributed by atoms with E-state index in [0.29, 0.717) is 5.56 Å². The molecule has 0 aliphatic heterocycles. The molecule has 0 saturated heterocycles. The molecule has 0 aliphatic rings. The zero-order valence-corrected chi connectivity index (χ0v) is 61.0. The summed E-state index contributed by atoms with van der Waals surface area (Å²) in [7, 11) is 12.4. The maximum Gasteiger partial charge on any atom is 0.212 e. The first kappa shape index (κ1) is 68.1. The van der Waals surface area contributed by atoms with Crippen LogP contribution in [0.2, 0.25) is 0 Å². The monoisotopic (exact) mass is 1260 g/mol. The van der Waals surface area contributed by atoms with Crippen LogP contribution in [0.15, 0.2) is 225 Å². The van der Waals surface area contributed by atoms with Gasteiger partial charge >= 0.3 is 0 Å². The Kier molecular flexibility index (Phi) is 23.9. The van der Waals surface area contributed by atoms with Crippen LogP contribution in [-0.4, -0.2) is 0 Å². The van der Waals surface area contributed by atoms with Crippen LogP contribution in [0.1, 0.15) is 98.7 Å². The van der Waals surface area contributed by atoms with Gasteiger partial charge < -0.3 is 0 Å². The van der Waals surface area contributed by atoms with Crippen molar-refractivity contribution in [1.82, 2.24) is 0 Å². The number of rotatable bonds is 6. The van der Waals surface area contributed by atoms with E-state index in [9.17, 15) is 0 Å². The predicted octanol–water partition coefficient (Wildman–Crippen LogP) is 18.3. The highest BCUT2D eigenvalue weighted by Crippen LogP contribution is 2.28. The topological polar surface area (TPSA) is 23.3 Å². The smallest absolute Gasteiger partial charge is 0.201 e. The predicted molar refractivity (Wildman–Crippen MR) is 399 cm³/mol. The van der Waals surface area contributed by atoms with E-state index in [0.717, 1.165) is 16.8 Å². The van der Waals surface area contributed by atoms with Crippen LogP contribution in [0.5, 0.6) is 0 Å². The standard InChI is InChI=1S/5C15H18N.C14H16N/c1-11-5-6-14(13(3)9-11)15-10-12(2)7-8-16(15)4;2*1-11-5-6-13(3)14(9-11)15-10-12(2)7-8-16(15)4;2*1-11-8-9-16(4)15(10-11)14-7-5-6-12(2)13(14)3;1-11-7-8-13(12(2)10-11)14-6-4-5-9-15(14)3/h5*5-10H,1-4H3;4-10H,1-3H3/q6*+1/i1D3;;;;;. The van der Waals surface area contributed by atoms with Crippen LogP contribution in [0.4, 0.5) is 0 Å². The average Bonchev–Trinajstić information content (AvgIpc) is 0.841. The van der Waals surface area contributed by atoms with Crippen LogP contribution in [0, 0.1) is 118 Å². The largest absolute Gasteiger partial charge is 0.212 e. The summed E-state index contributed by atoms with van der Waals surface area (Å²) in [6.07, 6.45) is 12.6. The van der Waals surface area contributed by atoms with Gasteiger partial charge in [-0.1, -0.05) is 95.1 Å². The van der Waals surface area contributed by atoms with E-state index in [1.54, 1.807) is 12.1 Å². The molecule has 0 atom stereocenters. The second-order valence-corrected chi connectivity index (χ2v) is 26.2. The Balaban J connectivity index is 0.000000166. The van der Waals surface area contributed by atoms with Crippen LogP contribution < -0.4 is 27.4 Å². The lowest BCUT2D eigenvalue weighted by Gasteiger charge is -2.07. The van der Waals surface area contributed by atoms with Crippen LogP contribution in [0.25, 0.3) is 67.5 Å². The average molecular weight is 1260 g/mol. The number of hydrogen-bond acceptors (Lipinski definition) is 0. The van der Waals surface area contributed by atoms with Gasteiger partial charge in [0.15, 0.2) is 37.2 Å². The second kappa shape index (κ2) is 33.4. The summed E-state index contributed by atoms with van der Waals surface area (Å²) in [6.45, 7) is 32.1. The quantitative estimate of drug-likeness (QED) is 0.148. The van der Waals surface area contributed by atoms with Gasteiger partial charge in [0.2, 0.25) is 34.2 Å². The van der Waals surface area contributed by atoms with Crippen molar-refractivity contribution < 1.29 is 31.5 Å². The fourth-order valence-electron chi connectivity index (χ4n) is 11.7. The molecule has 6 aromatic carbocycles. The molecule has 0 unspecified atom stereocenters. The highest BCUT2D eigenvalue weighted by molar-refractivity contribution is 5.67. The van der Waals surface area contributed by atoms with E-state index in [1.165, 1.54) is 140 Å². The van der Waals surface area contributed by atoms with Gasteiger partial charge in [-0.2, -0.15) is 0 Å². The van der Waals surface area contributed by atoms with E-state index in [2.05, 4.69) is 357 Å². The normalized spacial score (nSPS) is 11.1. The second-order valence-electron chi connectivity index (χ2n) is 26.2. The van der Waals surface area contributed by atoms with Gasteiger partial charge in [0.1, 0.15) is 42.3 Å². The molecule has 0 saturated carbocycles. The van der Waals surface area contributed by atoms with Gasteiger partial charge in [0, 0.05) is 110 Å². The van der Waals surface area contributed by atoms with Crippen molar-refractivity contribution in [2.45, 2.75) is 118 Å². The molecular formula is C89H106N6+6. The molecule has 0 N–H and O–H groups in total. The molecule has 95 heavy (non-hydrogen) atoms. The molecule has 0 radical (unpaired) electrons. The third-order valence-corrected chi connectivity index (χ3v) is 17.8. The van der Waals surface area contributed by atoms with Gasteiger partial charge in [-0.05, 0) is 232 Å². The van der Waals surface area contributed by atoms with E-state index in [1.807, 2.05) is 36.9 Å². The van der Waals surface area contributed by atoms with E-state index < -0.39 is 6.85 Å². The lowest BCUT2D eigenvalue weighted by molar-refractivity contribution is -0.660. The Labute approximate surface area is 575 Å². The highest BCUT2D eigenvalue weighted by Gasteiger charge is 2.18. The lowest BCUT2D eigenvalue weighted by atomic mass is 9.99. The van der Waals surface area contributed by atoms with Crippen molar-refractivity contribution in [1.29, 1.82) is 0 Å². The van der Waals surface area contributed by atoms with E-state index in [4.69, 9.17) is 4.11 Å². The van der Waals surface area contributed by atoms with E-state index in [-0.39, 0.29) is 0 Å². The summed E-state index contributed by atoms with van der Waals surface area (Å²) >= 11 is 0. The molecule has 0 fully saturated rings. The molecule has 6 heterocycles. The molecule has 486 valence electrons. The zero-order chi connectivity index (χ0) is 71.9. The number of pyridine rings is 6. The molecule has 12 aromatic rings. The molecular weight excluding hydrogens is 1150 g/mol. The molecule has 12 rings (SSSR count). The molecule has 0 bridgehead atoms. The fraction of sp³-hybridized carbons (Fsp3) is 0.258. The lowest BCUT2D eigenvalue weighted by Crippen LogP contribution is -2.30. The first-order valence-corrected chi connectivity index (χ1v) is 33.0. The van der Waals surface area contributed by atoms with Gasteiger partial charge in [0.25, 0.3) is 0 Å². The Morgan fingerprint density at radius 1 is 0.200 bits per heavy atom. The minimum atomic E-state index is -2.04. The summed E-state index contributed by atoms with van der Waals surface area (Å²) in [5, 5.41) is 0. The van der Waals surface area contributed by atoms with Gasteiger partial charge in [-0.25, -0.2) is 27.4 Å². The van der Waals surface area contributed by atoms with Gasteiger partial charge in [-0.3, -0.25) is 0 Å². The van der Waals surface area contributed by atoms with Crippen LogP contribution >= 0.6 is 0 Å². The van der Waals surface area contributed by atoms with E-state index >= 15 is 0 Å². The van der Waals surface area contributed by atoms with Crippen molar-refractivity contribution in [3.63, 3.8) is 0 Å². The maximum absolute atomic E-state index is 7.45. The minimum absolute atomic E-state index is 0.393. The number of hydrogen-bond donors (Lipinski definition) is 0. The number of nitrogens with zero attached hydrogens (tertiary/aromatic N) is 6. The van der Waals surface area contributed by atoms with Gasteiger partial charge in [-0.15, -0.1) is 0 Å². The summed E-state index contributed by atoms with van der Waals surface area (Å²) < 4.78 is 35.2. The third kappa shape index (κ3) is 19.6. The Morgan fingerprint density at radius 2 is 0.495 bits per heavy atom. The first-order chi connectivity index (χ1) is 46.3. The minimum Gasteiger partial charge on any atom is -0.201 e. The number of aromatic nitrogens is 6. The summed E-state index contributed by atoms with van der Waals surface area (Å²) in [5.41, 5.74) is 36.2.